The zero-order chi connectivity index (χ0) is 29.0. The van der Waals surface area contributed by atoms with E-state index in [2.05, 4.69) is 33.4 Å². The molecule has 24 heteroatoms. The van der Waals surface area contributed by atoms with Gasteiger partial charge in [0.15, 0.2) is 23.2 Å². The summed E-state index contributed by atoms with van der Waals surface area (Å²) in [5.74, 6) is 0.187. The second-order valence-corrected chi connectivity index (χ2v) is 12.7. The summed E-state index contributed by atoms with van der Waals surface area (Å²) >= 11 is 0. The smallest absolute Gasteiger partial charge is 0.756 e. The van der Waals surface area contributed by atoms with Gasteiger partial charge in [-0.3, -0.25) is 13.7 Å². The molecule has 0 radical (unpaired) electrons. The van der Waals surface area contributed by atoms with Crippen LogP contribution < -0.4 is 40.5 Å². The van der Waals surface area contributed by atoms with Crippen LogP contribution >= 0.6 is 23.5 Å². The van der Waals surface area contributed by atoms with Crippen LogP contribution in [0.5, 0.6) is 0 Å². The molecule has 0 amide bonds. The number of nitrogens with two attached hydrogens (primary N) is 2. The van der Waals surface area contributed by atoms with Crippen LogP contribution in [0.2, 0.25) is 0 Å². The third-order valence-corrected chi connectivity index (χ3v) is 9.10. The van der Waals surface area contributed by atoms with Crippen molar-refractivity contribution in [3.05, 3.63) is 6.33 Å². The number of hydrogen-bond donors (Lipinski definition) is 8. The van der Waals surface area contributed by atoms with Crippen molar-refractivity contribution in [3.63, 3.8) is 0 Å². The number of aliphatic hydroxyl groups is 2. The van der Waals surface area contributed by atoms with Crippen LogP contribution in [0.15, 0.2) is 6.33 Å². The zero-order valence-corrected chi connectivity index (χ0v) is 23.8. The van der Waals surface area contributed by atoms with E-state index in [1.54, 1.807) is 0 Å². The van der Waals surface area contributed by atoms with Gasteiger partial charge in [0.1, 0.15) is 24.6 Å². The van der Waals surface area contributed by atoms with E-state index < -0.39 is 54.6 Å². The fraction of sp³-hybridized carbons (Fsp3) is 0.688. The number of aliphatic hydroxyl groups excluding tert-OH is 2. The Morgan fingerprint density at radius 1 is 1.05 bits per heavy atom. The minimum atomic E-state index is -5.82. The van der Waals surface area contributed by atoms with Crippen molar-refractivity contribution in [3.8, 4) is 0 Å². The Morgan fingerprint density at radius 2 is 1.73 bits per heavy atom. The molecule has 0 aliphatic carbocycles. The number of ether oxygens (including phenoxy) is 1. The normalized spacial score (nSPS) is 25.6. The number of phosphoric ester groups is 1. The molecule has 1 aliphatic heterocycles. The van der Waals surface area contributed by atoms with E-state index in [0.717, 1.165) is 32.0 Å². The van der Waals surface area contributed by atoms with Gasteiger partial charge in [-0.2, -0.15) is 4.31 Å². The third-order valence-electron chi connectivity index (χ3n) is 5.33. The number of anilines is 2. The van der Waals surface area contributed by atoms with Crippen LogP contribution in [0.1, 0.15) is 31.9 Å². The van der Waals surface area contributed by atoms with Crippen LogP contribution in [0, 0.1) is 0 Å². The largest absolute Gasteiger partial charge is 1.00 e. The Hall–Kier alpha value is -1.00. The molecule has 3 heterocycles. The second kappa shape index (κ2) is 14.4. The molecular weight excluding hydrogens is 598 g/mol. The van der Waals surface area contributed by atoms with Gasteiger partial charge in [0.05, 0.1) is 6.61 Å². The number of aromatic nitrogens is 4. The topological polar surface area (TPSA) is 320 Å². The second-order valence-electron chi connectivity index (χ2n) is 8.28. The molecule has 40 heavy (non-hydrogen) atoms. The molecule has 0 aromatic carbocycles. The van der Waals surface area contributed by atoms with Crippen molar-refractivity contribution >= 4 is 46.4 Å². The SMILES string of the molecule is NCCCCCCNc1nc2c(N)ncnc2n1[C@@H]1O[C@H](COP(=O)(O)OP(=O)(O)OP(=O)([O-])O)[C@@H](O)[C@H]1O.[Li+]. The number of imidazole rings is 1. The van der Waals surface area contributed by atoms with Gasteiger partial charge in [0.2, 0.25) is 5.95 Å². The third kappa shape index (κ3) is 9.51. The molecule has 1 saturated heterocycles. The molecule has 2 aromatic rings. The number of unbranched alkanes of at least 4 members (excludes halogenated alkanes) is 3. The Labute approximate surface area is 239 Å². The molecule has 2 aromatic heterocycles. The minimum absolute atomic E-state index is 0. The molecule has 7 atom stereocenters. The molecule has 0 saturated carbocycles. The van der Waals surface area contributed by atoms with Gasteiger partial charge in [-0.1, -0.05) is 12.8 Å². The average Bonchev–Trinajstić information content (AvgIpc) is 3.30. The first-order valence-corrected chi connectivity index (χ1v) is 15.8. The Kier molecular flexibility index (Phi) is 12.7. The monoisotopic (exact) mass is 627 g/mol. The molecule has 0 spiro atoms. The molecule has 3 unspecified atom stereocenters. The number of nitrogens with zero attached hydrogens (tertiary/aromatic N) is 4. The van der Waals surface area contributed by atoms with Crippen molar-refractivity contribution in [2.45, 2.75) is 50.2 Å². The van der Waals surface area contributed by atoms with Gasteiger partial charge in [-0.25, -0.2) is 28.4 Å². The Balaban J connectivity index is 0.00000560. The summed E-state index contributed by atoms with van der Waals surface area (Å²) < 4.78 is 52.7. The molecule has 1 aliphatic rings. The maximum absolute atomic E-state index is 12.0. The first kappa shape index (κ1) is 35.2. The van der Waals surface area contributed by atoms with E-state index in [-0.39, 0.29) is 41.8 Å². The zero-order valence-electron chi connectivity index (χ0n) is 21.1. The van der Waals surface area contributed by atoms with Gasteiger partial charge in [-0.15, -0.1) is 0 Å². The first-order chi connectivity index (χ1) is 18.1. The standard InChI is InChI=1S/C16H30N7O13P3.Li/c17-5-3-1-2-4-6-19-16-22-10-13(18)20-8-21-14(10)23(16)15-12(25)11(24)9(34-15)7-33-38(29,30)36-39(31,32)35-37(26,27)28;/h8-9,11-12,15,24-25H,1-7,17H2,(H,19,22)(H,29,30)(H,31,32)(H2,18,20,21)(H2,26,27,28);/q;+1/p-1/t9-,11-,12-,15-;/m1./s1. The van der Waals surface area contributed by atoms with Gasteiger partial charge in [0.25, 0.3) is 7.82 Å². The fourth-order valence-corrected chi connectivity index (χ4v) is 6.66. The van der Waals surface area contributed by atoms with Crippen molar-refractivity contribution < 1.29 is 80.2 Å². The predicted octanol–water partition coefficient (Wildman–Crippen LogP) is -4.33. The Morgan fingerprint density at radius 3 is 2.38 bits per heavy atom. The number of fused-ring (bicyclic) bond motifs is 1. The van der Waals surface area contributed by atoms with Crippen LogP contribution in [-0.2, 0) is 31.6 Å². The number of phosphoric acid groups is 3. The van der Waals surface area contributed by atoms with Crippen LogP contribution in [0.3, 0.4) is 0 Å². The number of rotatable bonds is 15. The van der Waals surface area contributed by atoms with Gasteiger partial charge in [0, 0.05) is 6.54 Å². The number of hydrogen-bond acceptors (Lipinski definition) is 16. The summed E-state index contributed by atoms with van der Waals surface area (Å²) in [4.78, 5) is 50.4. The molecule has 222 valence electrons. The molecule has 0 bridgehead atoms. The van der Waals surface area contributed by atoms with Gasteiger partial charge in [-0.05, 0) is 19.4 Å². The molecule has 10 N–H and O–H groups in total. The Bertz CT molecular complexity index is 1280. The van der Waals surface area contributed by atoms with Crippen molar-refractivity contribution in [1.82, 2.24) is 19.5 Å². The van der Waals surface area contributed by atoms with E-state index in [9.17, 15) is 38.6 Å². The fourth-order valence-electron chi connectivity index (χ4n) is 3.66. The van der Waals surface area contributed by atoms with E-state index >= 15 is 0 Å². The van der Waals surface area contributed by atoms with Crippen LogP contribution in [0.4, 0.5) is 11.8 Å². The summed E-state index contributed by atoms with van der Waals surface area (Å²) in [5, 5.41) is 24.3. The van der Waals surface area contributed by atoms with Gasteiger partial charge >= 0.3 is 34.5 Å². The maximum Gasteiger partial charge on any atom is 1.00 e. The van der Waals surface area contributed by atoms with Crippen LogP contribution in [0.25, 0.3) is 11.2 Å². The molecular formula is C16H29LiN7O13P3. The van der Waals surface area contributed by atoms with E-state index in [1.807, 2.05) is 0 Å². The molecule has 1 fully saturated rings. The molecule has 3 rings (SSSR count). The summed E-state index contributed by atoms with van der Waals surface area (Å²) in [6, 6.07) is 0. The maximum atomic E-state index is 12.0. The minimum Gasteiger partial charge on any atom is -0.756 e. The summed E-state index contributed by atoms with van der Waals surface area (Å²) in [6.45, 7) is 0.0447. The van der Waals surface area contributed by atoms with Crippen LogP contribution in [-0.4, -0.2) is 82.4 Å². The van der Waals surface area contributed by atoms with Gasteiger partial charge < -0.3 is 51.3 Å². The molecule has 20 nitrogen and oxygen atoms in total. The summed E-state index contributed by atoms with van der Waals surface area (Å²) in [5.41, 5.74) is 11.7. The first-order valence-electron chi connectivity index (χ1n) is 11.3. The van der Waals surface area contributed by atoms with Crippen molar-refractivity contribution in [1.29, 1.82) is 0 Å². The number of nitrogen functional groups attached to an aromatic ring is 1. The number of nitrogens with one attached hydrogen (secondary N) is 1. The van der Waals surface area contributed by atoms with E-state index in [4.69, 9.17) is 21.1 Å². The van der Waals surface area contributed by atoms with Crippen molar-refractivity contribution in [2.75, 3.05) is 30.7 Å². The predicted molar refractivity (Wildman–Crippen MR) is 129 cm³/mol. The van der Waals surface area contributed by atoms with E-state index in [1.165, 1.54) is 4.57 Å². The average molecular weight is 627 g/mol. The van der Waals surface area contributed by atoms with E-state index in [0.29, 0.717) is 13.1 Å². The quantitative estimate of drug-likeness (QED) is 0.0525. The summed E-state index contributed by atoms with van der Waals surface area (Å²) in [6.07, 6.45) is -1.70. The van der Waals surface area contributed by atoms with Crippen molar-refractivity contribution in [2.24, 2.45) is 5.73 Å². The summed E-state index contributed by atoms with van der Waals surface area (Å²) in [7, 11) is -17.1.